The van der Waals surface area contributed by atoms with Crippen LogP contribution >= 0.6 is 23.7 Å². The third kappa shape index (κ3) is 3.51. The molecule has 3 nitrogen and oxygen atoms in total. The number of rotatable bonds is 3. The fourth-order valence-electron chi connectivity index (χ4n) is 2.52. The van der Waals surface area contributed by atoms with Gasteiger partial charge in [0.15, 0.2) is 0 Å². The Morgan fingerprint density at radius 3 is 3.00 bits per heavy atom. The number of nitrogens with one attached hydrogen (secondary N) is 2. The third-order valence-electron chi connectivity index (χ3n) is 3.60. The number of thiophene rings is 1. The smallest absolute Gasteiger partial charge is 0.261 e. The molecular formula is C15H19ClN2OS. The van der Waals surface area contributed by atoms with Gasteiger partial charge in [-0.05, 0) is 49.4 Å². The Labute approximate surface area is 129 Å². The molecule has 108 valence electrons. The van der Waals surface area contributed by atoms with E-state index in [0.717, 1.165) is 29.9 Å². The number of carbonyl (C=O) groups is 1. The van der Waals surface area contributed by atoms with Crippen LogP contribution in [-0.2, 0) is 0 Å². The normalized spacial score (nSPS) is 18.5. The van der Waals surface area contributed by atoms with Gasteiger partial charge in [0.25, 0.3) is 5.91 Å². The molecular weight excluding hydrogens is 292 g/mol. The van der Waals surface area contributed by atoms with Gasteiger partial charge in [-0.1, -0.05) is 18.2 Å². The first-order valence-corrected chi connectivity index (χ1v) is 7.62. The number of benzene rings is 1. The average Bonchev–Trinajstić information content (AvgIpc) is 2.90. The molecule has 2 N–H and O–H groups in total. The molecule has 1 aliphatic heterocycles. The quantitative estimate of drug-likeness (QED) is 0.915. The Hall–Kier alpha value is -1.10. The van der Waals surface area contributed by atoms with Crippen molar-refractivity contribution < 1.29 is 4.79 Å². The van der Waals surface area contributed by atoms with Crippen molar-refractivity contribution in [1.82, 2.24) is 10.6 Å². The minimum absolute atomic E-state index is 0. The molecule has 1 aromatic carbocycles. The summed E-state index contributed by atoms with van der Waals surface area (Å²) in [6.07, 6.45) is 2.42. The first-order chi connectivity index (χ1) is 9.33. The topological polar surface area (TPSA) is 41.1 Å². The second-order valence-electron chi connectivity index (χ2n) is 5.07. The lowest BCUT2D eigenvalue weighted by Gasteiger charge is -2.22. The number of fused-ring (bicyclic) bond motifs is 1. The van der Waals surface area contributed by atoms with Gasteiger partial charge in [0, 0.05) is 11.2 Å². The van der Waals surface area contributed by atoms with E-state index >= 15 is 0 Å². The average molecular weight is 311 g/mol. The van der Waals surface area contributed by atoms with Gasteiger partial charge in [-0.2, -0.15) is 0 Å². The summed E-state index contributed by atoms with van der Waals surface area (Å²) in [5.74, 6) is 0.638. The van der Waals surface area contributed by atoms with Crippen LogP contribution in [0.5, 0.6) is 0 Å². The lowest BCUT2D eigenvalue weighted by atomic mass is 10.00. The van der Waals surface area contributed by atoms with E-state index in [1.54, 1.807) is 11.3 Å². The van der Waals surface area contributed by atoms with Crippen LogP contribution < -0.4 is 10.6 Å². The Bertz CT molecular complexity index is 545. The van der Waals surface area contributed by atoms with Crippen LogP contribution in [0.1, 0.15) is 22.5 Å². The number of hydrogen-bond acceptors (Lipinski definition) is 3. The maximum absolute atomic E-state index is 12.1. The van der Waals surface area contributed by atoms with Gasteiger partial charge in [0.05, 0.1) is 4.88 Å². The van der Waals surface area contributed by atoms with Crippen LogP contribution in [-0.4, -0.2) is 25.5 Å². The number of hydrogen-bond donors (Lipinski definition) is 2. The molecule has 2 aromatic rings. The lowest BCUT2D eigenvalue weighted by Crippen LogP contribution is -2.37. The van der Waals surface area contributed by atoms with E-state index in [4.69, 9.17) is 0 Å². The van der Waals surface area contributed by atoms with E-state index < -0.39 is 0 Å². The van der Waals surface area contributed by atoms with Crippen LogP contribution in [0.25, 0.3) is 10.1 Å². The zero-order chi connectivity index (χ0) is 13.1. The summed E-state index contributed by atoms with van der Waals surface area (Å²) in [6.45, 7) is 2.91. The van der Waals surface area contributed by atoms with E-state index in [2.05, 4.69) is 16.7 Å². The molecule has 0 saturated carbocycles. The zero-order valence-electron chi connectivity index (χ0n) is 11.2. The molecule has 3 rings (SSSR count). The Balaban J connectivity index is 0.00000147. The number of amides is 1. The van der Waals surface area contributed by atoms with Crippen molar-refractivity contribution >= 4 is 39.7 Å². The van der Waals surface area contributed by atoms with Crippen molar-refractivity contribution in [3.05, 3.63) is 35.2 Å². The first kappa shape index (κ1) is 15.3. The third-order valence-corrected chi connectivity index (χ3v) is 4.71. The van der Waals surface area contributed by atoms with Crippen LogP contribution in [0.3, 0.4) is 0 Å². The van der Waals surface area contributed by atoms with Crippen LogP contribution in [0.4, 0.5) is 0 Å². The Morgan fingerprint density at radius 2 is 2.25 bits per heavy atom. The maximum Gasteiger partial charge on any atom is 0.261 e. The summed E-state index contributed by atoms with van der Waals surface area (Å²) in [4.78, 5) is 12.9. The Morgan fingerprint density at radius 1 is 1.40 bits per heavy atom. The summed E-state index contributed by atoms with van der Waals surface area (Å²) in [5.41, 5.74) is 0. The summed E-state index contributed by atoms with van der Waals surface area (Å²) >= 11 is 1.56. The second kappa shape index (κ2) is 7.07. The van der Waals surface area contributed by atoms with Gasteiger partial charge in [-0.15, -0.1) is 23.7 Å². The van der Waals surface area contributed by atoms with Crippen molar-refractivity contribution in [1.29, 1.82) is 0 Å². The summed E-state index contributed by atoms with van der Waals surface area (Å²) < 4.78 is 1.17. The van der Waals surface area contributed by atoms with Crippen LogP contribution in [0, 0.1) is 5.92 Å². The molecule has 1 aromatic heterocycles. The standard InChI is InChI=1S/C15H18N2OS.ClH/c18-15(17-10-11-4-3-7-16-9-11)14-8-12-5-1-2-6-13(12)19-14;/h1-2,5-6,8,11,16H,3-4,7,9-10H2,(H,17,18);1H. The molecule has 5 heteroatoms. The highest BCUT2D eigenvalue weighted by atomic mass is 35.5. The monoisotopic (exact) mass is 310 g/mol. The Kier molecular flexibility index (Phi) is 5.40. The van der Waals surface area contributed by atoms with Crippen molar-refractivity contribution in [3.8, 4) is 0 Å². The van der Waals surface area contributed by atoms with Gasteiger partial charge in [0.2, 0.25) is 0 Å². The highest BCUT2D eigenvalue weighted by Gasteiger charge is 2.15. The first-order valence-electron chi connectivity index (χ1n) is 6.80. The second-order valence-corrected chi connectivity index (χ2v) is 6.15. The van der Waals surface area contributed by atoms with Crippen LogP contribution in [0.2, 0.25) is 0 Å². The van der Waals surface area contributed by atoms with Gasteiger partial charge < -0.3 is 10.6 Å². The largest absolute Gasteiger partial charge is 0.351 e. The predicted molar refractivity (Wildman–Crippen MR) is 87.0 cm³/mol. The number of piperidine rings is 1. The minimum atomic E-state index is 0. The lowest BCUT2D eigenvalue weighted by molar-refractivity contribution is 0.0949. The number of carbonyl (C=O) groups excluding carboxylic acids is 1. The molecule has 1 fully saturated rings. The SMILES string of the molecule is Cl.O=C(NCC1CCCNC1)c1cc2ccccc2s1. The van der Waals surface area contributed by atoms with Gasteiger partial charge in [-0.25, -0.2) is 0 Å². The summed E-state index contributed by atoms with van der Waals surface area (Å²) in [7, 11) is 0. The van der Waals surface area contributed by atoms with E-state index in [9.17, 15) is 4.79 Å². The maximum atomic E-state index is 12.1. The van der Waals surface area contributed by atoms with Gasteiger partial charge in [0.1, 0.15) is 0 Å². The fraction of sp³-hybridized carbons (Fsp3) is 0.400. The highest BCUT2D eigenvalue weighted by Crippen LogP contribution is 2.25. The predicted octanol–water partition coefficient (Wildman–Crippen LogP) is 3.05. The van der Waals surface area contributed by atoms with Gasteiger partial charge >= 0.3 is 0 Å². The zero-order valence-corrected chi connectivity index (χ0v) is 12.9. The molecule has 0 spiro atoms. The molecule has 2 heterocycles. The highest BCUT2D eigenvalue weighted by molar-refractivity contribution is 7.20. The molecule has 1 unspecified atom stereocenters. The molecule has 0 radical (unpaired) electrons. The van der Waals surface area contributed by atoms with E-state index in [1.165, 1.54) is 17.5 Å². The van der Waals surface area contributed by atoms with Crippen molar-refractivity contribution in [2.75, 3.05) is 19.6 Å². The molecule has 1 saturated heterocycles. The number of halogens is 1. The van der Waals surface area contributed by atoms with E-state index in [-0.39, 0.29) is 18.3 Å². The van der Waals surface area contributed by atoms with Crippen molar-refractivity contribution in [2.24, 2.45) is 5.92 Å². The van der Waals surface area contributed by atoms with E-state index in [1.807, 2.05) is 24.3 Å². The molecule has 20 heavy (non-hydrogen) atoms. The van der Waals surface area contributed by atoms with Crippen molar-refractivity contribution in [2.45, 2.75) is 12.8 Å². The molecule has 0 aliphatic carbocycles. The van der Waals surface area contributed by atoms with Crippen molar-refractivity contribution in [3.63, 3.8) is 0 Å². The summed E-state index contributed by atoms with van der Waals surface area (Å²) in [5, 5.41) is 7.58. The van der Waals surface area contributed by atoms with Gasteiger partial charge in [-0.3, -0.25) is 4.79 Å². The van der Waals surface area contributed by atoms with E-state index in [0.29, 0.717) is 5.92 Å². The molecule has 0 bridgehead atoms. The summed E-state index contributed by atoms with van der Waals surface area (Å²) in [6, 6.07) is 10.1. The fourth-order valence-corrected chi connectivity index (χ4v) is 3.50. The minimum Gasteiger partial charge on any atom is -0.351 e. The molecule has 1 aliphatic rings. The molecule has 1 atom stereocenters. The molecule has 1 amide bonds. The van der Waals surface area contributed by atoms with Crippen LogP contribution in [0.15, 0.2) is 30.3 Å².